The maximum Gasteiger partial charge on any atom is 4.00 e. The summed E-state index contributed by atoms with van der Waals surface area (Å²) in [5.74, 6) is -3.81. The molecule has 10 atom stereocenters. The molecule has 0 bridgehead atoms. The van der Waals surface area contributed by atoms with Gasteiger partial charge in [-0.15, -0.1) is 0 Å². The standard InChI is InChI=1S/C14H20O9S.C10H16O7S.2C5H5.Mo/c1-6(15)19-5-10-11(20-7(2)16)12(21-8(3)17)13(14(24)23-10)22-9(4)18;1-4(11)15-3-6-9(16-5(2)12)7(13)8(14)10(18)17-6;2*1-2-4-5-3-1;/h10-14,24H,5H2,1-4H3;6-10,13-14,18H,3H2,1-2H3;2*1-5H;/q;;;;+4/p-2/t10-,11-,12+,13-,14+;6-,7-,8-,9-,10+;;;/m11.../s1. The molecule has 0 aromatic heterocycles. The van der Waals surface area contributed by atoms with Crippen LogP contribution in [0.25, 0.3) is 0 Å². The van der Waals surface area contributed by atoms with Gasteiger partial charge in [-0.1, -0.05) is 0 Å². The molecule has 2 heterocycles. The van der Waals surface area contributed by atoms with E-state index in [1.807, 2.05) is 64.2 Å². The Morgan fingerprint density at radius 3 is 1.13 bits per heavy atom. The maximum atomic E-state index is 11.4. The number of rotatable bonds is 8. The van der Waals surface area contributed by atoms with Crippen LogP contribution in [0.2, 0.25) is 0 Å². The SMILES string of the molecule is CC(=O)OC[C@H]1O[C@@H]([S-])[C@H](O)[C@@H](O)[C@@H]1OC(C)=O.CC(=O)OC[C@H]1O[C@@H]([S-])[C@H](OC(C)=O)[C@@H](OC(C)=O)[C@@H]1OC(C)=O.[CH]1[CH][CH][CH][CH]1.[CH]1[CH][CH][CH][CH]1.[Mo+4]. The van der Waals surface area contributed by atoms with Crippen LogP contribution in [0.4, 0.5) is 0 Å². The molecule has 10 radical (unpaired) electrons. The molecule has 2 N–H and O–H groups in total. The minimum atomic E-state index is -1.38. The first-order chi connectivity index (χ1) is 24.4. The number of carbonyl (C=O) groups excluding carboxylic acids is 6. The van der Waals surface area contributed by atoms with Crippen molar-refractivity contribution in [1.82, 2.24) is 0 Å². The molecule has 16 nitrogen and oxygen atoms in total. The Morgan fingerprint density at radius 1 is 0.472 bits per heavy atom. The van der Waals surface area contributed by atoms with Gasteiger partial charge in [0.25, 0.3) is 0 Å². The van der Waals surface area contributed by atoms with Gasteiger partial charge in [0.05, 0.1) is 6.10 Å². The third-order valence-electron chi connectivity index (χ3n) is 6.45. The molecular weight excluding hydrogens is 824 g/mol. The zero-order valence-corrected chi connectivity index (χ0v) is 33.4. The molecule has 2 saturated carbocycles. The van der Waals surface area contributed by atoms with Gasteiger partial charge in [0, 0.05) is 41.5 Å². The Morgan fingerprint density at radius 2 is 0.774 bits per heavy atom. The van der Waals surface area contributed by atoms with E-state index in [0.717, 1.165) is 27.7 Å². The zero-order chi connectivity index (χ0) is 39.4. The maximum absolute atomic E-state index is 11.4. The average molecular weight is 869 g/mol. The van der Waals surface area contributed by atoms with E-state index in [0.29, 0.717) is 0 Å². The minimum absolute atomic E-state index is 0. The molecule has 292 valence electrons. The summed E-state index contributed by atoms with van der Waals surface area (Å²) < 4.78 is 40.4. The summed E-state index contributed by atoms with van der Waals surface area (Å²) in [6, 6.07) is 0. The molecule has 4 aliphatic rings. The Hall–Kier alpha value is -1.95. The van der Waals surface area contributed by atoms with Crippen molar-refractivity contribution in [2.45, 2.75) is 101 Å². The summed E-state index contributed by atoms with van der Waals surface area (Å²) in [4.78, 5) is 66.7. The van der Waals surface area contributed by atoms with E-state index in [2.05, 4.69) is 0 Å². The van der Waals surface area contributed by atoms with Crippen molar-refractivity contribution in [2.24, 2.45) is 0 Å². The summed E-state index contributed by atoms with van der Waals surface area (Å²) in [6.07, 6.45) is 10.8. The normalized spacial score (nSPS) is 30.0. The van der Waals surface area contributed by atoms with E-state index in [1.165, 1.54) is 13.8 Å². The molecule has 2 aliphatic carbocycles. The Kier molecular flexibility index (Phi) is 26.6. The van der Waals surface area contributed by atoms with Gasteiger partial charge in [0.2, 0.25) is 0 Å². The monoisotopic (exact) mass is 870 g/mol. The van der Waals surface area contributed by atoms with Gasteiger partial charge in [-0.3, -0.25) is 28.8 Å². The van der Waals surface area contributed by atoms with Crippen LogP contribution in [0.15, 0.2) is 0 Å². The van der Waals surface area contributed by atoms with Crippen LogP contribution in [-0.4, -0.2) is 119 Å². The number of hydrogen-bond donors (Lipinski definition) is 2. The second kappa shape index (κ2) is 27.6. The number of aliphatic hydroxyl groups excluding tert-OH is 2. The molecule has 0 amide bonds. The van der Waals surface area contributed by atoms with Gasteiger partial charge in [0.15, 0.2) is 18.3 Å². The van der Waals surface area contributed by atoms with E-state index in [9.17, 15) is 39.0 Å². The van der Waals surface area contributed by atoms with Crippen molar-refractivity contribution in [2.75, 3.05) is 13.2 Å². The fourth-order valence-electron chi connectivity index (χ4n) is 4.41. The summed E-state index contributed by atoms with van der Waals surface area (Å²) >= 11 is 9.91. The van der Waals surface area contributed by atoms with Crippen molar-refractivity contribution >= 4 is 61.1 Å². The molecule has 19 heteroatoms. The van der Waals surface area contributed by atoms with E-state index in [4.69, 9.17) is 63.2 Å². The van der Waals surface area contributed by atoms with E-state index in [-0.39, 0.29) is 34.3 Å². The number of aliphatic hydroxyl groups is 2. The van der Waals surface area contributed by atoms with Gasteiger partial charge < -0.3 is 73.4 Å². The summed E-state index contributed by atoms with van der Waals surface area (Å²) in [7, 11) is 0. The van der Waals surface area contributed by atoms with E-state index < -0.39 is 95.5 Å². The van der Waals surface area contributed by atoms with Crippen molar-refractivity contribution in [3.63, 3.8) is 0 Å². The molecule has 0 unspecified atom stereocenters. The molecule has 0 aromatic rings. The Bertz CT molecular complexity index is 1110. The molecule has 4 fully saturated rings. The van der Waals surface area contributed by atoms with Gasteiger partial charge in [-0.05, 0) is 75.1 Å². The van der Waals surface area contributed by atoms with Crippen LogP contribution in [0, 0.1) is 64.2 Å². The predicted molar refractivity (Wildman–Crippen MR) is 183 cm³/mol. The van der Waals surface area contributed by atoms with Crippen molar-refractivity contribution in [3.8, 4) is 0 Å². The first kappa shape index (κ1) is 51.0. The van der Waals surface area contributed by atoms with E-state index in [1.54, 1.807) is 0 Å². The molecule has 4 rings (SSSR count). The number of ether oxygens (including phenoxy) is 8. The summed E-state index contributed by atoms with van der Waals surface area (Å²) in [5.41, 5.74) is -2.15. The Balaban J connectivity index is 0.000000806. The quantitative estimate of drug-likeness (QED) is 0.144. The molecule has 2 aliphatic heterocycles. The molecule has 0 spiro atoms. The van der Waals surface area contributed by atoms with Crippen molar-refractivity contribution < 1.29 is 97.9 Å². The third-order valence-corrected chi connectivity index (χ3v) is 7.22. The fraction of sp³-hybridized carbons (Fsp3) is 0.529. The van der Waals surface area contributed by atoms with Crippen molar-refractivity contribution in [3.05, 3.63) is 64.2 Å². The zero-order valence-electron chi connectivity index (χ0n) is 29.8. The molecule has 53 heavy (non-hydrogen) atoms. The smallest absolute Gasteiger partial charge is 0.759 e. The average Bonchev–Trinajstić information content (AvgIpc) is 3.83. The van der Waals surface area contributed by atoms with Crippen LogP contribution < -0.4 is 0 Å². The number of hydrogen-bond acceptors (Lipinski definition) is 18. The molecule has 0 aromatic carbocycles. The van der Waals surface area contributed by atoms with Crippen molar-refractivity contribution in [1.29, 1.82) is 0 Å². The predicted octanol–water partition coefficient (Wildman–Crippen LogP) is 0.132. The Labute approximate surface area is 336 Å². The van der Waals surface area contributed by atoms with Gasteiger partial charge >= 0.3 is 56.9 Å². The van der Waals surface area contributed by atoms with Gasteiger partial charge in [0.1, 0.15) is 37.6 Å². The number of esters is 6. The minimum Gasteiger partial charge on any atom is -0.759 e. The fourth-order valence-corrected chi connectivity index (χ4v) is 5.06. The topological polar surface area (TPSA) is 217 Å². The van der Waals surface area contributed by atoms with Crippen LogP contribution in [0.3, 0.4) is 0 Å². The van der Waals surface area contributed by atoms with Crippen LogP contribution >= 0.6 is 0 Å². The van der Waals surface area contributed by atoms with Gasteiger partial charge in [-0.2, -0.15) is 0 Å². The largest absolute Gasteiger partial charge is 4.00 e. The first-order valence-corrected chi connectivity index (χ1v) is 16.7. The molecular formula is C34H44MoO16S2+2. The van der Waals surface area contributed by atoms with Crippen LogP contribution in [0.1, 0.15) is 41.5 Å². The van der Waals surface area contributed by atoms with Gasteiger partial charge in [-0.25, -0.2) is 0 Å². The van der Waals surface area contributed by atoms with Crippen LogP contribution in [0.5, 0.6) is 0 Å². The third kappa shape index (κ3) is 21.1. The number of carbonyl (C=O) groups is 6. The van der Waals surface area contributed by atoms with E-state index >= 15 is 0 Å². The summed E-state index contributed by atoms with van der Waals surface area (Å²) in [5, 5.41) is 19.3. The second-order valence-corrected chi connectivity index (χ2v) is 11.8. The summed E-state index contributed by atoms with van der Waals surface area (Å²) in [6.45, 7) is 6.51. The molecule has 2 saturated heterocycles. The first-order valence-electron chi connectivity index (χ1n) is 15.7. The van der Waals surface area contributed by atoms with Crippen LogP contribution in [-0.2, 0) is 113 Å². The second-order valence-electron chi connectivity index (χ2n) is 10.9.